The largest absolute Gasteiger partial charge is 0.477 e. The van der Waals surface area contributed by atoms with E-state index in [0.717, 1.165) is 32.5 Å². The Morgan fingerprint density at radius 1 is 1.30 bits per heavy atom. The van der Waals surface area contributed by atoms with Crippen LogP contribution in [0.25, 0.3) is 20.4 Å². The van der Waals surface area contributed by atoms with Crippen LogP contribution in [0.4, 0.5) is 0 Å². The summed E-state index contributed by atoms with van der Waals surface area (Å²) < 4.78 is 12.6. The average molecular weight is 329 g/mol. The number of rotatable bonds is 2. The first-order chi connectivity index (χ1) is 11.0. The second kappa shape index (κ2) is 5.11. The Kier molecular flexibility index (Phi) is 3.28. The molecular weight excluding hydrogens is 310 g/mol. The maximum absolute atomic E-state index is 5.98. The molecule has 0 fully saturated rings. The molecule has 120 valence electrons. The van der Waals surface area contributed by atoms with Crippen molar-refractivity contribution in [1.29, 1.82) is 0 Å². The number of nitrogens with zero attached hydrogens (tertiary/aromatic N) is 3. The Morgan fingerprint density at radius 3 is 2.91 bits per heavy atom. The molecule has 0 radical (unpaired) electrons. The third-order valence-electron chi connectivity index (χ3n) is 4.28. The minimum atomic E-state index is -0.169. The second-order valence-electron chi connectivity index (χ2n) is 6.45. The first kappa shape index (κ1) is 14.8. The third-order valence-corrected chi connectivity index (χ3v) is 5.34. The molecule has 0 amide bonds. The predicted octanol–water partition coefficient (Wildman–Crippen LogP) is 3.80. The van der Waals surface area contributed by atoms with Gasteiger partial charge in [0.2, 0.25) is 5.88 Å². The van der Waals surface area contributed by atoms with E-state index in [0.29, 0.717) is 19.1 Å². The Morgan fingerprint density at radius 2 is 2.13 bits per heavy atom. The topological polar surface area (TPSA) is 57.1 Å². The second-order valence-corrected chi connectivity index (χ2v) is 7.45. The van der Waals surface area contributed by atoms with E-state index in [1.165, 1.54) is 11.1 Å². The Hall–Kier alpha value is -1.79. The number of thiophene rings is 1. The van der Waals surface area contributed by atoms with Gasteiger partial charge in [0.25, 0.3) is 0 Å². The molecule has 23 heavy (non-hydrogen) atoms. The quantitative estimate of drug-likeness (QED) is 0.716. The lowest BCUT2D eigenvalue weighted by Crippen LogP contribution is -2.32. The summed E-state index contributed by atoms with van der Waals surface area (Å²) in [5.74, 6) is 0.651. The minimum absolute atomic E-state index is 0.169. The fraction of sp³-hybridized carbons (Fsp3) is 0.471. The summed E-state index contributed by atoms with van der Waals surface area (Å²) in [5, 5.41) is 1.14. The van der Waals surface area contributed by atoms with Crippen molar-refractivity contribution in [3.05, 3.63) is 23.1 Å². The SMILES string of the molecule is CCOc1ncnc2c1sc1nc(C)c3c(c12)CC(C)(C)OC3. The van der Waals surface area contributed by atoms with Gasteiger partial charge in [-0.15, -0.1) is 11.3 Å². The summed E-state index contributed by atoms with van der Waals surface area (Å²) in [4.78, 5) is 14.6. The van der Waals surface area contributed by atoms with Crippen LogP contribution in [0, 0.1) is 6.92 Å². The van der Waals surface area contributed by atoms with E-state index in [1.807, 2.05) is 6.92 Å². The molecule has 5 nitrogen and oxygen atoms in total. The van der Waals surface area contributed by atoms with Crippen LogP contribution in [-0.4, -0.2) is 27.2 Å². The van der Waals surface area contributed by atoms with Crippen molar-refractivity contribution >= 4 is 31.8 Å². The van der Waals surface area contributed by atoms with Gasteiger partial charge in [0.15, 0.2) is 0 Å². The fourth-order valence-corrected chi connectivity index (χ4v) is 4.34. The van der Waals surface area contributed by atoms with Crippen molar-refractivity contribution in [2.75, 3.05) is 6.61 Å². The molecular formula is C17H19N3O2S. The molecule has 3 aromatic heterocycles. The maximum atomic E-state index is 5.98. The first-order valence-electron chi connectivity index (χ1n) is 7.82. The molecule has 0 bridgehead atoms. The van der Waals surface area contributed by atoms with Gasteiger partial charge < -0.3 is 9.47 Å². The van der Waals surface area contributed by atoms with Crippen LogP contribution >= 0.6 is 11.3 Å². The van der Waals surface area contributed by atoms with E-state index >= 15 is 0 Å². The zero-order valence-electron chi connectivity index (χ0n) is 13.8. The van der Waals surface area contributed by atoms with Crippen LogP contribution in [0.15, 0.2) is 6.33 Å². The molecule has 0 saturated carbocycles. The van der Waals surface area contributed by atoms with E-state index < -0.39 is 0 Å². The van der Waals surface area contributed by atoms with Gasteiger partial charge in [0, 0.05) is 23.1 Å². The highest BCUT2D eigenvalue weighted by molar-refractivity contribution is 7.25. The first-order valence-corrected chi connectivity index (χ1v) is 8.64. The number of aromatic nitrogens is 3. The lowest BCUT2D eigenvalue weighted by Gasteiger charge is -2.32. The van der Waals surface area contributed by atoms with Crippen molar-refractivity contribution < 1.29 is 9.47 Å². The average Bonchev–Trinajstić information content (AvgIpc) is 2.86. The molecule has 0 spiro atoms. The zero-order chi connectivity index (χ0) is 16.2. The number of aryl methyl sites for hydroxylation is 1. The molecule has 0 unspecified atom stereocenters. The number of hydrogen-bond acceptors (Lipinski definition) is 6. The summed E-state index contributed by atoms with van der Waals surface area (Å²) >= 11 is 1.61. The smallest absolute Gasteiger partial charge is 0.234 e. The molecule has 0 saturated heterocycles. The van der Waals surface area contributed by atoms with E-state index in [9.17, 15) is 0 Å². The lowest BCUT2D eigenvalue weighted by molar-refractivity contribution is -0.0400. The third kappa shape index (κ3) is 2.28. The van der Waals surface area contributed by atoms with Crippen LogP contribution in [0.5, 0.6) is 5.88 Å². The summed E-state index contributed by atoms with van der Waals surface area (Å²) in [6.07, 6.45) is 2.44. The minimum Gasteiger partial charge on any atom is -0.477 e. The van der Waals surface area contributed by atoms with Gasteiger partial charge >= 0.3 is 0 Å². The van der Waals surface area contributed by atoms with Gasteiger partial charge in [0.1, 0.15) is 15.9 Å². The Bertz CT molecular complexity index is 917. The normalized spacial score (nSPS) is 16.7. The number of ether oxygens (including phenoxy) is 2. The molecule has 3 aromatic rings. The van der Waals surface area contributed by atoms with Crippen LogP contribution < -0.4 is 4.74 Å². The van der Waals surface area contributed by atoms with E-state index in [1.54, 1.807) is 17.7 Å². The highest BCUT2D eigenvalue weighted by Gasteiger charge is 2.30. The molecule has 0 atom stereocenters. The van der Waals surface area contributed by atoms with Crippen LogP contribution in [-0.2, 0) is 17.8 Å². The van der Waals surface area contributed by atoms with Crippen molar-refractivity contribution in [2.45, 2.75) is 46.3 Å². The maximum Gasteiger partial charge on any atom is 0.234 e. The van der Waals surface area contributed by atoms with Crippen LogP contribution in [0.1, 0.15) is 37.6 Å². The summed E-state index contributed by atoms with van der Waals surface area (Å²) in [6.45, 7) is 9.48. The number of fused-ring (bicyclic) bond motifs is 5. The standard InChI is InChI=1S/C17H19N3O2S/c1-5-21-15-14-13(18-8-19-15)12-10-6-17(3,4)22-7-11(10)9(2)20-16(12)23-14/h8H,5-7H2,1-4H3. The van der Waals surface area contributed by atoms with Crippen molar-refractivity contribution in [2.24, 2.45) is 0 Å². The highest BCUT2D eigenvalue weighted by atomic mass is 32.1. The number of hydrogen-bond donors (Lipinski definition) is 0. The van der Waals surface area contributed by atoms with Gasteiger partial charge in [-0.1, -0.05) is 0 Å². The molecule has 1 aliphatic heterocycles. The van der Waals surface area contributed by atoms with Gasteiger partial charge in [-0.05, 0) is 33.3 Å². The molecule has 4 heterocycles. The van der Waals surface area contributed by atoms with Crippen molar-refractivity contribution in [3.8, 4) is 5.88 Å². The molecule has 0 aliphatic carbocycles. The Balaban J connectivity index is 2.08. The van der Waals surface area contributed by atoms with Crippen molar-refractivity contribution in [3.63, 3.8) is 0 Å². The molecule has 6 heteroatoms. The van der Waals surface area contributed by atoms with Gasteiger partial charge in [-0.25, -0.2) is 15.0 Å². The summed E-state index contributed by atoms with van der Waals surface area (Å²) in [6, 6.07) is 0. The molecule has 0 aromatic carbocycles. The van der Waals surface area contributed by atoms with Crippen LogP contribution in [0.3, 0.4) is 0 Å². The van der Waals surface area contributed by atoms with E-state index in [2.05, 4.69) is 30.7 Å². The fourth-order valence-electron chi connectivity index (χ4n) is 3.19. The summed E-state index contributed by atoms with van der Waals surface area (Å²) in [7, 11) is 0. The molecule has 1 aliphatic rings. The lowest BCUT2D eigenvalue weighted by atomic mass is 9.89. The van der Waals surface area contributed by atoms with Gasteiger partial charge in [-0.2, -0.15) is 0 Å². The summed E-state index contributed by atoms with van der Waals surface area (Å²) in [5.41, 5.74) is 4.34. The zero-order valence-corrected chi connectivity index (χ0v) is 14.6. The predicted molar refractivity (Wildman–Crippen MR) is 91.2 cm³/mol. The van der Waals surface area contributed by atoms with E-state index in [-0.39, 0.29) is 5.60 Å². The molecule has 0 N–H and O–H groups in total. The molecule has 4 rings (SSSR count). The van der Waals surface area contributed by atoms with E-state index in [4.69, 9.17) is 14.5 Å². The van der Waals surface area contributed by atoms with Gasteiger partial charge in [0.05, 0.1) is 24.3 Å². The monoisotopic (exact) mass is 329 g/mol. The van der Waals surface area contributed by atoms with Gasteiger partial charge in [-0.3, -0.25) is 0 Å². The number of pyridine rings is 1. The van der Waals surface area contributed by atoms with Crippen LogP contribution in [0.2, 0.25) is 0 Å². The Labute approximate surface area is 138 Å². The van der Waals surface area contributed by atoms with Crippen molar-refractivity contribution in [1.82, 2.24) is 15.0 Å². The highest BCUT2D eigenvalue weighted by Crippen LogP contribution is 2.42.